The number of carbonyl (C=O) groups is 1. The number of aromatic nitrogens is 4. The molecule has 0 aliphatic rings. The number of ether oxygens (including phenoxy) is 2. The van der Waals surface area contributed by atoms with Gasteiger partial charge in [-0.15, -0.1) is 0 Å². The van der Waals surface area contributed by atoms with Gasteiger partial charge in [-0.25, -0.2) is 14.3 Å². The molecule has 0 aliphatic heterocycles. The van der Waals surface area contributed by atoms with Crippen LogP contribution in [0.1, 0.15) is 0 Å². The van der Waals surface area contributed by atoms with Crippen LogP contribution in [0.15, 0.2) is 46.2 Å². The van der Waals surface area contributed by atoms with Crippen molar-refractivity contribution in [3.05, 3.63) is 57.5 Å². The zero-order valence-electron chi connectivity index (χ0n) is 14.4. The van der Waals surface area contributed by atoms with Gasteiger partial charge in [-0.1, -0.05) is 18.2 Å². The molecule has 26 heavy (non-hydrogen) atoms. The number of nitrogens with zero attached hydrogens (tertiary/aromatic N) is 4. The highest BCUT2D eigenvalue weighted by Crippen LogP contribution is 2.07. The second kappa shape index (κ2) is 7.26. The summed E-state index contributed by atoms with van der Waals surface area (Å²) >= 11 is 0. The fourth-order valence-electron chi connectivity index (χ4n) is 2.54. The molecule has 0 fully saturated rings. The molecule has 0 N–H and O–H groups in total. The van der Waals surface area contributed by atoms with E-state index >= 15 is 0 Å². The maximum Gasteiger partial charge on any atom is 0.333 e. The minimum Gasteiger partial charge on any atom is -0.490 e. The molecule has 0 radical (unpaired) electrons. The van der Waals surface area contributed by atoms with Gasteiger partial charge in [0.1, 0.15) is 25.5 Å². The number of rotatable bonds is 6. The Balaban J connectivity index is 1.67. The molecule has 1 aromatic carbocycles. The lowest BCUT2D eigenvalue weighted by Crippen LogP contribution is -2.41. The molecule has 3 rings (SSSR count). The minimum atomic E-state index is -0.692. The molecule has 9 heteroatoms. The van der Waals surface area contributed by atoms with Crippen molar-refractivity contribution in [1.82, 2.24) is 18.7 Å². The summed E-state index contributed by atoms with van der Waals surface area (Å²) in [6, 6.07) is 9.10. The van der Waals surface area contributed by atoms with Gasteiger partial charge in [-0.2, -0.15) is 0 Å². The third-order valence-corrected chi connectivity index (χ3v) is 3.85. The first-order chi connectivity index (χ1) is 12.5. The van der Waals surface area contributed by atoms with Crippen LogP contribution in [-0.2, 0) is 30.2 Å². The van der Waals surface area contributed by atoms with Crippen molar-refractivity contribution in [1.29, 1.82) is 0 Å². The van der Waals surface area contributed by atoms with Gasteiger partial charge in [0.2, 0.25) is 0 Å². The monoisotopic (exact) mass is 358 g/mol. The molecule has 0 spiro atoms. The number of hydrogen-bond acceptors (Lipinski definition) is 6. The molecule has 2 aromatic heterocycles. The summed E-state index contributed by atoms with van der Waals surface area (Å²) < 4.78 is 14.0. The number of benzene rings is 1. The maximum absolute atomic E-state index is 12.5. The molecule has 0 unspecified atom stereocenters. The van der Waals surface area contributed by atoms with Gasteiger partial charge in [-0.05, 0) is 12.1 Å². The summed E-state index contributed by atoms with van der Waals surface area (Å²) in [4.78, 5) is 40.8. The fraction of sp³-hybridized carbons (Fsp3) is 0.294. The Bertz CT molecular complexity index is 1050. The second-order valence-corrected chi connectivity index (χ2v) is 5.64. The fourth-order valence-corrected chi connectivity index (χ4v) is 2.54. The molecule has 0 aliphatic carbocycles. The van der Waals surface area contributed by atoms with Crippen LogP contribution in [0.25, 0.3) is 11.2 Å². The Morgan fingerprint density at radius 1 is 1.12 bits per heavy atom. The molecule has 2 heterocycles. The van der Waals surface area contributed by atoms with Crippen molar-refractivity contribution < 1.29 is 14.3 Å². The zero-order valence-corrected chi connectivity index (χ0v) is 14.4. The van der Waals surface area contributed by atoms with Crippen LogP contribution in [0.5, 0.6) is 5.75 Å². The number of imidazole rings is 1. The van der Waals surface area contributed by atoms with Gasteiger partial charge >= 0.3 is 11.7 Å². The quantitative estimate of drug-likeness (QED) is 0.456. The average Bonchev–Trinajstić information content (AvgIpc) is 3.03. The maximum atomic E-state index is 12.5. The third-order valence-electron chi connectivity index (χ3n) is 3.85. The third kappa shape index (κ3) is 3.37. The van der Waals surface area contributed by atoms with Crippen LogP contribution in [0, 0.1) is 0 Å². The van der Waals surface area contributed by atoms with Crippen LogP contribution in [0.4, 0.5) is 0 Å². The lowest BCUT2D eigenvalue weighted by molar-refractivity contribution is -0.145. The molecule has 0 saturated carbocycles. The van der Waals surface area contributed by atoms with Crippen molar-refractivity contribution in [3.8, 4) is 5.75 Å². The van der Waals surface area contributed by atoms with E-state index in [9.17, 15) is 14.4 Å². The van der Waals surface area contributed by atoms with E-state index in [1.165, 1.54) is 22.5 Å². The molecule has 3 aromatic rings. The molecule has 0 atom stereocenters. The van der Waals surface area contributed by atoms with Gasteiger partial charge in [0, 0.05) is 14.1 Å². The van der Waals surface area contributed by atoms with E-state index in [0.29, 0.717) is 5.75 Å². The number of carbonyl (C=O) groups excluding carboxylic acids is 1. The predicted octanol–water partition coefficient (Wildman–Crippen LogP) is 0.0559. The number of fused-ring (bicyclic) bond motifs is 1. The molecule has 9 nitrogen and oxygen atoms in total. The van der Waals surface area contributed by atoms with E-state index in [0.717, 1.165) is 4.57 Å². The molecular formula is C17H18N4O5. The Labute approximate surface area is 148 Å². The summed E-state index contributed by atoms with van der Waals surface area (Å²) in [6.07, 6.45) is 1.44. The van der Waals surface area contributed by atoms with Crippen LogP contribution in [0.2, 0.25) is 0 Å². The van der Waals surface area contributed by atoms with Gasteiger partial charge in [0.15, 0.2) is 11.2 Å². The van der Waals surface area contributed by atoms with Gasteiger partial charge in [0.05, 0.1) is 6.33 Å². The molecule has 0 amide bonds. The van der Waals surface area contributed by atoms with Crippen molar-refractivity contribution in [2.45, 2.75) is 6.54 Å². The first-order valence-electron chi connectivity index (χ1n) is 7.93. The first-order valence-corrected chi connectivity index (χ1v) is 7.93. The Morgan fingerprint density at radius 3 is 2.58 bits per heavy atom. The Kier molecular flexibility index (Phi) is 4.87. The Hall–Kier alpha value is -3.36. The number of esters is 1. The van der Waals surface area contributed by atoms with Crippen molar-refractivity contribution in [2.75, 3.05) is 13.2 Å². The lowest BCUT2D eigenvalue weighted by atomic mass is 10.3. The highest BCUT2D eigenvalue weighted by molar-refractivity contribution is 5.72. The van der Waals surface area contributed by atoms with E-state index in [1.54, 1.807) is 19.2 Å². The van der Waals surface area contributed by atoms with Gasteiger partial charge in [-0.3, -0.25) is 14.2 Å². The highest BCUT2D eigenvalue weighted by atomic mass is 16.6. The predicted molar refractivity (Wildman–Crippen MR) is 93.1 cm³/mol. The lowest BCUT2D eigenvalue weighted by Gasteiger charge is -2.09. The van der Waals surface area contributed by atoms with Crippen LogP contribution < -0.4 is 16.0 Å². The van der Waals surface area contributed by atoms with Crippen molar-refractivity contribution >= 4 is 17.1 Å². The van der Waals surface area contributed by atoms with Crippen molar-refractivity contribution in [3.63, 3.8) is 0 Å². The Morgan fingerprint density at radius 2 is 1.85 bits per heavy atom. The van der Waals surface area contributed by atoms with Crippen LogP contribution in [-0.4, -0.2) is 37.9 Å². The van der Waals surface area contributed by atoms with E-state index in [4.69, 9.17) is 9.47 Å². The second-order valence-electron chi connectivity index (χ2n) is 5.64. The van der Waals surface area contributed by atoms with Crippen molar-refractivity contribution in [2.24, 2.45) is 14.1 Å². The normalized spacial score (nSPS) is 10.8. The summed E-state index contributed by atoms with van der Waals surface area (Å²) in [5.74, 6) is -0.0299. The van der Waals surface area contributed by atoms with Crippen LogP contribution >= 0.6 is 0 Å². The minimum absolute atomic E-state index is 0.0107. The standard InChI is InChI=1S/C17H18N4O5/c1-19-11-18-15-14(19)16(23)21(17(24)20(15)2)10-13(22)26-9-8-25-12-6-4-3-5-7-12/h3-7,11H,8-10H2,1-2H3. The van der Waals surface area contributed by atoms with E-state index < -0.39 is 23.8 Å². The SMILES string of the molecule is Cn1cnc2c1c(=O)n(CC(=O)OCCOc1ccccc1)c(=O)n2C. The van der Waals surface area contributed by atoms with Crippen LogP contribution in [0.3, 0.4) is 0 Å². The van der Waals surface area contributed by atoms with E-state index in [1.807, 2.05) is 18.2 Å². The summed E-state index contributed by atoms with van der Waals surface area (Å²) in [5.41, 5.74) is -0.699. The van der Waals surface area contributed by atoms with Gasteiger partial charge in [0.25, 0.3) is 5.56 Å². The number of hydrogen-bond donors (Lipinski definition) is 0. The number of aryl methyl sites for hydroxylation is 2. The van der Waals surface area contributed by atoms with E-state index in [-0.39, 0.29) is 24.4 Å². The molecule has 0 bridgehead atoms. The zero-order chi connectivity index (χ0) is 18.7. The average molecular weight is 358 g/mol. The number of para-hydroxylation sites is 1. The summed E-state index contributed by atoms with van der Waals surface area (Å²) in [6.45, 7) is -0.294. The van der Waals surface area contributed by atoms with E-state index in [2.05, 4.69) is 4.98 Å². The van der Waals surface area contributed by atoms with Gasteiger partial charge < -0.3 is 14.0 Å². The first kappa shape index (κ1) is 17.5. The topological polar surface area (TPSA) is 97.4 Å². The largest absolute Gasteiger partial charge is 0.490 e. The summed E-state index contributed by atoms with van der Waals surface area (Å²) in [7, 11) is 3.14. The molecule has 0 saturated heterocycles. The molecule has 136 valence electrons. The smallest absolute Gasteiger partial charge is 0.333 e. The highest BCUT2D eigenvalue weighted by Gasteiger charge is 2.17. The molecular weight excluding hydrogens is 340 g/mol. The summed E-state index contributed by atoms with van der Waals surface area (Å²) in [5, 5.41) is 0.